The molecule has 0 saturated heterocycles. The van der Waals surface area contributed by atoms with Gasteiger partial charge in [-0.2, -0.15) is 9.78 Å². The summed E-state index contributed by atoms with van der Waals surface area (Å²) in [6.45, 7) is 1.57. The molecule has 0 bridgehead atoms. The van der Waals surface area contributed by atoms with Crippen LogP contribution in [0.3, 0.4) is 0 Å². The lowest BCUT2D eigenvalue weighted by Gasteiger charge is -2.07. The highest BCUT2D eigenvalue weighted by atomic mass is 19.1. The van der Waals surface area contributed by atoms with Crippen LogP contribution in [0.4, 0.5) is 4.39 Å². The number of hydrogen-bond donors (Lipinski definition) is 1. The molecule has 0 saturated carbocycles. The third-order valence-corrected chi connectivity index (χ3v) is 2.43. The van der Waals surface area contributed by atoms with E-state index in [1.54, 1.807) is 6.92 Å². The molecule has 2 aromatic rings. The van der Waals surface area contributed by atoms with E-state index in [9.17, 15) is 14.0 Å². The van der Waals surface area contributed by atoms with Gasteiger partial charge in [0, 0.05) is 6.07 Å². The summed E-state index contributed by atoms with van der Waals surface area (Å²) >= 11 is 0. The molecule has 92 valence electrons. The minimum Gasteiger partial charge on any atom is -0.364 e. The first-order valence-corrected chi connectivity index (χ1v) is 5.16. The Morgan fingerprint density at radius 1 is 1.33 bits per heavy atom. The molecule has 0 unspecified atom stereocenters. The predicted octanol–water partition coefficient (Wildman–Crippen LogP) is 0.779. The van der Waals surface area contributed by atoms with Gasteiger partial charge < -0.3 is 5.73 Å². The van der Waals surface area contributed by atoms with E-state index in [1.165, 1.54) is 30.3 Å². The number of benzene rings is 1. The number of hydrogen-bond acceptors (Lipinski definition) is 3. The number of primary amides is 1. The Bertz CT molecular complexity index is 662. The Morgan fingerprint density at radius 3 is 2.50 bits per heavy atom. The van der Waals surface area contributed by atoms with Crippen LogP contribution in [0.5, 0.6) is 0 Å². The van der Waals surface area contributed by atoms with Crippen molar-refractivity contribution in [3.63, 3.8) is 0 Å². The van der Waals surface area contributed by atoms with E-state index in [0.717, 1.165) is 4.68 Å². The molecule has 0 aliphatic rings. The van der Waals surface area contributed by atoms with E-state index < -0.39 is 17.3 Å². The zero-order valence-corrected chi connectivity index (χ0v) is 9.55. The molecule has 6 heteroatoms. The number of rotatable bonds is 2. The first-order chi connectivity index (χ1) is 8.49. The highest BCUT2D eigenvalue weighted by molar-refractivity contribution is 5.91. The van der Waals surface area contributed by atoms with Crippen LogP contribution >= 0.6 is 0 Å². The van der Waals surface area contributed by atoms with Crippen LogP contribution in [-0.2, 0) is 0 Å². The number of nitrogens with two attached hydrogens (primary N) is 1. The van der Waals surface area contributed by atoms with Crippen molar-refractivity contribution in [3.05, 3.63) is 57.8 Å². The third-order valence-electron chi connectivity index (χ3n) is 2.43. The Hall–Kier alpha value is -2.50. The summed E-state index contributed by atoms with van der Waals surface area (Å²) in [7, 11) is 0. The zero-order chi connectivity index (χ0) is 13.3. The maximum Gasteiger partial charge on any atom is 0.271 e. The van der Waals surface area contributed by atoms with Crippen molar-refractivity contribution in [2.45, 2.75) is 6.92 Å². The summed E-state index contributed by atoms with van der Waals surface area (Å²) in [5, 5.41) is 3.88. The monoisotopic (exact) mass is 247 g/mol. The summed E-state index contributed by atoms with van der Waals surface area (Å²) in [6.07, 6.45) is 0. The molecular formula is C12H10FN3O2. The number of carbonyl (C=O) groups is 1. The fraction of sp³-hybridized carbons (Fsp3) is 0.0833. The van der Waals surface area contributed by atoms with Gasteiger partial charge in [0.2, 0.25) is 0 Å². The highest BCUT2D eigenvalue weighted by Crippen LogP contribution is 2.07. The molecule has 1 amide bonds. The van der Waals surface area contributed by atoms with Crippen molar-refractivity contribution in [3.8, 4) is 5.69 Å². The van der Waals surface area contributed by atoms with Gasteiger partial charge >= 0.3 is 0 Å². The second-order valence-electron chi connectivity index (χ2n) is 3.77. The van der Waals surface area contributed by atoms with Crippen LogP contribution in [0.2, 0.25) is 0 Å². The number of nitrogens with zero attached hydrogens (tertiary/aromatic N) is 2. The Kier molecular flexibility index (Phi) is 2.93. The summed E-state index contributed by atoms with van der Waals surface area (Å²) in [4.78, 5) is 22.9. The van der Waals surface area contributed by atoms with E-state index in [-0.39, 0.29) is 5.69 Å². The lowest BCUT2D eigenvalue weighted by Crippen LogP contribution is -2.26. The number of carbonyl (C=O) groups excluding carboxylic acids is 1. The fourth-order valence-corrected chi connectivity index (χ4v) is 1.55. The number of aryl methyl sites for hydroxylation is 1. The van der Waals surface area contributed by atoms with Gasteiger partial charge in [0.25, 0.3) is 11.5 Å². The highest BCUT2D eigenvalue weighted by Gasteiger charge is 2.11. The van der Waals surface area contributed by atoms with Crippen molar-refractivity contribution in [1.29, 1.82) is 0 Å². The minimum atomic E-state index is -0.719. The zero-order valence-electron chi connectivity index (χ0n) is 9.55. The quantitative estimate of drug-likeness (QED) is 0.851. The maximum atomic E-state index is 12.8. The first kappa shape index (κ1) is 12.0. The molecule has 0 spiro atoms. The SMILES string of the molecule is Cc1cc(=O)n(-c2ccc(F)cc2)nc1C(N)=O. The van der Waals surface area contributed by atoms with Gasteiger partial charge in [0.05, 0.1) is 5.69 Å². The third kappa shape index (κ3) is 2.13. The molecule has 5 nitrogen and oxygen atoms in total. The van der Waals surface area contributed by atoms with Crippen molar-refractivity contribution < 1.29 is 9.18 Å². The van der Waals surface area contributed by atoms with Crippen LogP contribution in [0.25, 0.3) is 5.69 Å². The van der Waals surface area contributed by atoms with E-state index in [2.05, 4.69) is 5.10 Å². The number of amides is 1. The average molecular weight is 247 g/mol. The molecule has 1 heterocycles. The number of halogens is 1. The molecule has 0 aliphatic carbocycles. The van der Waals surface area contributed by atoms with Crippen LogP contribution in [0, 0.1) is 12.7 Å². The molecule has 0 atom stereocenters. The molecule has 0 aliphatic heterocycles. The summed E-state index contributed by atoms with van der Waals surface area (Å²) in [5.41, 5.74) is 5.53. The molecule has 0 radical (unpaired) electrons. The summed E-state index contributed by atoms with van der Waals surface area (Å²) < 4.78 is 13.8. The minimum absolute atomic E-state index is 0.0129. The number of aromatic nitrogens is 2. The molecule has 1 aromatic carbocycles. The van der Waals surface area contributed by atoms with Crippen LogP contribution < -0.4 is 11.3 Å². The van der Waals surface area contributed by atoms with E-state index in [4.69, 9.17) is 5.73 Å². The van der Waals surface area contributed by atoms with Crippen molar-refractivity contribution >= 4 is 5.91 Å². The van der Waals surface area contributed by atoms with E-state index in [0.29, 0.717) is 11.3 Å². The normalized spacial score (nSPS) is 10.3. The van der Waals surface area contributed by atoms with Gasteiger partial charge in [0.1, 0.15) is 5.82 Å². The summed E-state index contributed by atoms with van der Waals surface area (Å²) in [5.74, 6) is -1.14. The lowest BCUT2D eigenvalue weighted by molar-refractivity contribution is 0.0993. The molecule has 1 aromatic heterocycles. The van der Waals surface area contributed by atoms with E-state index in [1.807, 2.05) is 0 Å². The van der Waals surface area contributed by atoms with Crippen molar-refractivity contribution in [1.82, 2.24) is 9.78 Å². The van der Waals surface area contributed by atoms with Crippen LogP contribution in [0.1, 0.15) is 16.1 Å². The standard InChI is InChI=1S/C12H10FN3O2/c1-7-6-10(17)16(15-11(7)12(14)18)9-4-2-8(13)3-5-9/h2-6H,1H3,(H2,14,18). The van der Waals surface area contributed by atoms with E-state index >= 15 is 0 Å². The Morgan fingerprint density at radius 2 is 1.94 bits per heavy atom. The second-order valence-corrected chi connectivity index (χ2v) is 3.77. The predicted molar refractivity (Wildman–Crippen MR) is 63.0 cm³/mol. The van der Waals surface area contributed by atoms with Gasteiger partial charge in [-0.25, -0.2) is 4.39 Å². The van der Waals surface area contributed by atoms with Crippen LogP contribution in [-0.4, -0.2) is 15.7 Å². The molecule has 0 fully saturated rings. The first-order valence-electron chi connectivity index (χ1n) is 5.16. The molecule has 18 heavy (non-hydrogen) atoms. The van der Waals surface area contributed by atoms with Gasteiger partial charge in [-0.3, -0.25) is 9.59 Å². The van der Waals surface area contributed by atoms with Gasteiger partial charge in [-0.15, -0.1) is 0 Å². The van der Waals surface area contributed by atoms with Crippen molar-refractivity contribution in [2.24, 2.45) is 5.73 Å². The van der Waals surface area contributed by atoms with Gasteiger partial charge in [-0.1, -0.05) is 0 Å². The fourth-order valence-electron chi connectivity index (χ4n) is 1.55. The summed E-state index contributed by atoms with van der Waals surface area (Å²) in [6, 6.07) is 6.45. The molecule has 2 N–H and O–H groups in total. The lowest BCUT2D eigenvalue weighted by atomic mass is 10.2. The smallest absolute Gasteiger partial charge is 0.271 e. The average Bonchev–Trinajstić information content (AvgIpc) is 2.30. The topological polar surface area (TPSA) is 78.0 Å². The molecule has 2 rings (SSSR count). The van der Waals surface area contributed by atoms with Crippen molar-refractivity contribution in [2.75, 3.05) is 0 Å². The molecular weight excluding hydrogens is 237 g/mol. The largest absolute Gasteiger partial charge is 0.364 e. The van der Waals surface area contributed by atoms with Gasteiger partial charge in [0.15, 0.2) is 5.69 Å². The Labute approximate surface area is 102 Å². The van der Waals surface area contributed by atoms with Gasteiger partial charge in [-0.05, 0) is 36.8 Å². The van der Waals surface area contributed by atoms with Crippen LogP contribution in [0.15, 0.2) is 35.1 Å². The Balaban J connectivity index is 2.64. The maximum absolute atomic E-state index is 12.8. The second kappa shape index (κ2) is 4.40.